The zero-order valence-corrected chi connectivity index (χ0v) is 16.4. The Hall–Kier alpha value is -2.96. The first kappa shape index (κ1) is 19.4. The third-order valence-corrected chi connectivity index (χ3v) is 6.01. The molecule has 1 saturated carbocycles. The van der Waals surface area contributed by atoms with Crippen LogP contribution in [0, 0.1) is 10.1 Å². The second-order valence-corrected chi connectivity index (χ2v) is 7.93. The number of esters is 1. The average Bonchev–Trinajstić information content (AvgIpc) is 3.20. The minimum atomic E-state index is -0.561. The SMILES string of the molecule is CC1=C(C(=O)OC2CCCC2)C(c2ccc([N+](=O)[O-])cc2)C2=C(CCCC2=O)N1. The van der Waals surface area contributed by atoms with E-state index in [1.807, 2.05) is 6.92 Å². The molecule has 29 heavy (non-hydrogen) atoms. The van der Waals surface area contributed by atoms with Crippen molar-refractivity contribution in [2.24, 2.45) is 0 Å². The highest BCUT2D eigenvalue weighted by Crippen LogP contribution is 2.43. The van der Waals surface area contributed by atoms with E-state index in [1.165, 1.54) is 12.1 Å². The van der Waals surface area contributed by atoms with Gasteiger partial charge in [-0.3, -0.25) is 14.9 Å². The molecule has 0 saturated heterocycles. The molecule has 3 aliphatic rings. The van der Waals surface area contributed by atoms with Gasteiger partial charge in [-0.2, -0.15) is 0 Å². The molecule has 1 aromatic rings. The number of dihydropyridines is 1. The van der Waals surface area contributed by atoms with Crippen molar-refractivity contribution in [3.05, 3.63) is 62.5 Å². The van der Waals surface area contributed by atoms with Gasteiger partial charge in [-0.05, 0) is 51.0 Å². The summed E-state index contributed by atoms with van der Waals surface area (Å²) < 4.78 is 5.77. The summed E-state index contributed by atoms with van der Waals surface area (Å²) in [6, 6.07) is 6.10. The number of non-ortho nitro benzene ring substituents is 1. The first-order chi connectivity index (χ1) is 14.0. The van der Waals surface area contributed by atoms with Crippen molar-refractivity contribution in [1.82, 2.24) is 5.32 Å². The van der Waals surface area contributed by atoms with Gasteiger partial charge >= 0.3 is 5.97 Å². The normalized spacial score (nSPS) is 22.4. The minimum absolute atomic E-state index is 0.0146. The van der Waals surface area contributed by atoms with Crippen molar-refractivity contribution in [3.63, 3.8) is 0 Å². The molecule has 1 N–H and O–H groups in total. The number of hydrogen-bond donors (Lipinski definition) is 1. The van der Waals surface area contributed by atoms with Crippen LogP contribution in [0.4, 0.5) is 5.69 Å². The predicted octanol–water partition coefficient (Wildman–Crippen LogP) is 4.05. The van der Waals surface area contributed by atoms with Crippen molar-refractivity contribution >= 4 is 17.4 Å². The molecule has 1 heterocycles. The zero-order chi connectivity index (χ0) is 20.5. The van der Waals surface area contributed by atoms with Crippen LogP contribution in [-0.2, 0) is 14.3 Å². The lowest BCUT2D eigenvalue weighted by atomic mass is 9.75. The van der Waals surface area contributed by atoms with E-state index in [-0.39, 0.29) is 17.6 Å². The first-order valence-corrected chi connectivity index (χ1v) is 10.1. The second-order valence-electron chi connectivity index (χ2n) is 7.93. The van der Waals surface area contributed by atoms with Crippen LogP contribution < -0.4 is 5.32 Å². The fraction of sp³-hybridized carbons (Fsp3) is 0.455. The lowest BCUT2D eigenvalue weighted by Crippen LogP contribution is -2.35. The van der Waals surface area contributed by atoms with Gasteiger partial charge in [0.15, 0.2) is 5.78 Å². The van der Waals surface area contributed by atoms with Gasteiger partial charge in [-0.15, -0.1) is 0 Å². The Labute approximate surface area is 169 Å². The highest BCUT2D eigenvalue weighted by molar-refractivity contribution is 6.03. The summed E-state index contributed by atoms with van der Waals surface area (Å²) in [7, 11) is 0. The standard InChI is InChI=1S/C22H24N2O5/c1-13-19(22(26)29-16-5-2-3-6-16)20(14-9-11-15(12-10-14)24(27)28)21-17(23-13)7-4-8-18(21)25/h9-12,16,20,23H,2-8H2,1H3. The molecule has 0 radical (unpaired) electrons. The molecule has 2 aliphatic carbocycles. The molecule has 1 unspecified atom stereocenters. The molecule has 7 heteroatoms. The van der Waals surface area contributed by atoms with Crippen LogP contribution in [0.2, 0.25) is 0 Å². The van der Waals surface area contributed by atoms with Crippen molar-refractivity contribution in [1.29, 1.82) is 0 Å². The molecule has 0 amide bonds. The highest BCUT2D eigenvalue weighted by Gasteiger charge is 2.39. The van der Waals surface area contributed by atoms with Crippen LogP contribution in [0.1, 0.15) is 63.4 Å². The number of hydrogen-bond acceptors (Lipinski definition) is 6. The smallest absolute Gasteiger partial charge is 0.337 e. The third kappa shape index (κ3) is 3.69. The van der Waals surface area contributed by atoms with Gasteiger partial charge in [-0.25, -0.2) is 4.79 Å². The molecule has 1 atom stereocenters. The fourth-order valence-corrected chi connectivity index (χ4v) is 4.60. The molecule has 0 bridgehead atoms. The van der Waals surface area contributed by atoms with Crippen LogP contribution in [0.3, 0.4) is 0 Å². The van der Waals surface area contributed by atoms with Gasteiger partial charge in [-0.1, -0.05) is 12.1 Å². The monoisotopic (exact) mass is 396 g/mol. The number of nitrogens with one attached hydrogen (secondary N) is 1. The predicted molar refractivity (Wildman–Crippen MR) is 106 cm³/mol. The molecular weight excluding hydrogens is 372 g/mol. The van der Waals surface area contributed by atoms with Crippen LogP contribution in [0.5, 0.6) is 0 Å². The van der Waals surface area contributed by atoms with Crippen LogP contribution in [0.25, 0.3) is 0 Å². The Kier molecular flexibility index (Phi) is 5.22. The fourth-order valence-electron chi connectivity index (χ4n) is 4.60. The number of allylic oxidation sites excluding steroid dienone is 3. The van der Waals surface area contributed by atoms with E-state index in [4.69, 9.17) is 4.74 Å². The molecule has 7 nitrogen and oxygen atoms in total. The van der Waals surface area contributed by atoms with E-state index in [9.17, 15) is 19.7 Å². The molecule has 0 aromatic heterocycles. The largest absolute Gasteiger partial charge is 0.459 e. The number of Topliss-reactive ketones (excluding diaryl/α,β-unsaturated/α-hetero) is 1. The zero-order valence-electron chi connectivity index (χ0n) is 16.4. The lowest BCUT2D eigenvalue weighted by Gasteiger charge is -2.34. The van der Waals surface area contributed by atoms with Gasteiger partial charge in [0.1, 0.15) is 6.10 Å². The van der Waals surface area contributed by atoms with Crippen molar-refractivity contribution < 1.29 is 19.2 Å². The Balaban J connectivity index is 1.75. The van der Waals surface area contributed by atoms with Gasteiger partial charge < -0.3 is 10.1 Å². The van der Waals surface area contributed by atoms with Crippen molar-refractivity contribution in [3.8, 4) is 0 Å². The molecule has 1 fully saturated rings. The van der Waals surface area contributed by atoms with E-state index in [0.29, 0.717) is 28.8 Å². The Morgan fingerprint density at radius 1 is 1.14 bits per heavy atom. The van der Waals surface area contributed by atoms with Crippen molar-refractivity contribution in [2.75, 3.05) is 0 Å². The minimum Gasteiger partial charge on any atom is -0.459 e. The number of nitro benzene ring substituents is 1. The maximum Gasteiger partial charge on any atom is 0.337 e. The number of carbonyl (C=O) groups excluding carboxylic acids is 2. The highest BCUT2D eigenvalue weighted by atomic mass is 16.6. The number of ketones is 1. The quantitative estimate of drug-likeness (QED) is 0.468. The summed E-state index contributed by atoms with van der Waals surface area (Å²) in [4.78, 5) is 36.5. The third-order valence-electron chi connectivity index (χ3n) is 6.01. The van der Waals surface area contributed by atoms with E-state index in [1.54, 1.807) is 12.1 Å². The topological polar surface area (TPSA) is 98.5 Å². The second kappa shape index (κ2) is 7.81. The Morgan fingerprint density at radius 3 is 2.48 bits per heavy atom. The van der Waals surface area contributed by atoms with Gasteiger partial charge in [0.05, 0.1) is 10.5 Å². The molecule has 4 rings (SSSR count). The maximum atomic E-state index is 13.1. The summed E-state index contributed by atoms with van der Waals surface area (Å²) in [5.41, 5.74) is 3.22. The first-order valence-electron chi connectivity index (χ1n) is 10.1. The molecule has 1 aromatic carbocycles. The molecule has 0 spiro atoms. The number of nitro groups is 1. The summed E-state index contributed by atoms with van der Waals surface area (Å²) in [6.45, 7) is 1.83. The van der Waals surface area contributed by atoms with E-state index in [0.717, 1.165) is 44.2 Å². The van der Waals surface area contributed by atoms with E-state index in [2.05, 4.69) is 5.32 Å². The average molecular weight is 396 g/mol. The van der Waals surface area contributed by atoms with Gasteiger partial charge in [0.25, 0.3) is 5.69 Å². The number of rotatable bonds is 4. The summed E-state index contributed by atoms with van der Waals surface area (Å²) in [6.07, 6.45) is 5.69. The van der Waals surface area contributed by atoms with Crippen LogP contribution in [-0.4, -0.2) is 22.8 Å². The maximum absolute atomic E-state index is 13.1. The Bertz CT molecular complexity index is 923. The lowest BCUT2D eigenvalue weighted by molar-refractivity contribution is -0.384. The molecular formula is C22H24N2O5. The van der Waals surface area contributed by atoms with Crippen molar-refractivity contribution in [2.45, 2.75) is 63.9 Å². The number of ether oxygens (including phenoxy) is 1. The molecule has 1 aliphatic heterocycles. The van der Waals surface area contributed by atoms with E-state index < -0.39 is 16.8 Å². The van der Waals surface area contributed by atoms with Gasteiger partial charge in [0, 0.05) is 41.4 Å². The summed E-state index contributed by atoms with van der Waals surface area (Å²) in [5.74, 6) is -0.954. The van der Waals surface area contributed by atoms with E-state index >= 15 is 0 Å². The molecule has 152 valence electrons. The van der Waals surface area contributed by atoms with Gasteiger partial charge in [0.2, 0.25) is 0 Å². The Morgan fingerprint density at radius 2 is 1.83 bits per heavy atom. The number of nitrogens with zero attached hydrogens (tertiary/aromatic N) is 1. The number of benzene rings is 1. The summed E-state index contributed by atoms with van der Waals surface area (Å²) >= 11 is 0. The van der Waals surface area contributed by atoms with Crippen LogP contribution >= 0.6 is 0 Å². The van der Waals surface area contributed by atoms with Crippen LogP contribution in [0.15, 0.2) is 46.8 Å². The summed E-state index contributed by atoms with van der Waals surface area (Å²) in [5, 5.41) is 14.3. The number of carbonyl (C=O) groups is 2.